The Morgan fingerprint density at radius 3 is 2.26 bits per heavy atom. The molecule has 1 aromatic carbocycles. The van der Waals surface area contributed by atoms with Crippen LogP contribution in [-0.4, -0.2) is 30.6 Å². The van der Waals surface area contributed by atoms with Crippen LogP contribution in [-0.2, 0) is 0 Å². The van der Waals surface area contributed by atoms with Crippen LogP contribution in [0.1, 0.15) is 38.8 Å². The summed E-state index contributed by atoms with van der Waals surface area (Å²) in [6, 6.07) is 11.2. The Kier molecular flexibility index (Phi) is 7.25. The van der Waals surface area contributed by atoms with Crippen LogP contribution in [0.3, 0.4) is 0 Å². The van der Waals surface area contributed by atoms with E-state index in [0.717, 1.165) is 26.1 Å². The third-order valence-electron chi connectivity index (χ3n) is 3.60. The number of benzene rings is 1. The minimum atomic E-state index is 0.168. The maximum absolute atomic E-state index is 5.52. The minimum absolute atomic E-state index is 0.168. The number of terminal acetylenes is 1. The summed E-state index contributed by atoms with van der Waals surface area (Å²) >= 11 is 0. The fourth-order valence-electron chi connectivity index (χ4n) is 2.37. The molecule has 0 aliphatic rings. The molecular formula is C17H26N2. The predicted molar refractivity (Wildman–Crippen MR) is 83.0 cm³/mol. The van der Waals surface area contributed by atoms with Gasteiger partial charge in [-0.2, -0.15) is 0 Å². The van der Waals surface area contributed by atoms with Crippen molar-refractivity contribution in [2.24, 2.45) is 0 Å². The average Bonchev–Trinajstić information content (AvgIpc) is 2.48. The Bertz CT molecular complexity index is 376. The topological polar surface area (TPSA) is 15.3 Å². The fraction of sp³-hybridized carbons (Fsp3) is 0.529. The number of rotatable bonds is 8. The fourth-order valence-corrected chi connectivity index (χ4v) is 2.37. The number of likely N-dealkylation sites (N-methyl/N-ethyl adjacent to an activating group) is 1. The van der Waals surface area contributed by atoms with Crippen molar-refractivity contribution in [2.45, 2.75) is 39.3 Å². The van der Waals surface area contributed by atoms with E-state index in [1.807, 2.05) is 0 Å². The van der Waals surface area contributed by atoms with Crippen LogP contribution in [0, 0.1) is 12.3 Å². The highest BCUT2D eigenvalue weighted by Gasteiger charge is 2.18. The number of nitrogens with one attached hydrogen (secondary N) is 1. The lowest BCUT2D eigenvalue weighted by Gasteiger charge is -2.31. The van der Waals surface area contributed by atoms with Gasteiger partial charge in [-0.3, -0.25) is 4.90 Å². The van der Waals surface area contributed by atoms with E-state index in [-0.39, 0.29) is 6.04 Å². The third-order valence-corrected chi connectivity index (χ3v) is 3.60. The maximum atomic E-state index is 5.52. The Morgan fingerprint density at radius 1 is 1.16 bits per heavy atom. The molecule has 1 N–H and O–H groups in total. The number of nitrogens with zero attached hydrogens (tertiary/aromatic N) is 1. The van der Waals surface area contributed by atoms with E-state index in [1.165, 1.54) is 5.56 Å². The number of hydrogen-bond acceptors (Lipinski definition) is 2. The van der Waals surface area contributed by atoms with Gasteiger partial charge in [0.25, 0.3) is 0 Å². The van der Waals surface area contributed by atoms with E-state index in [4.69, 9.17) is 6.42 Å². The highest BCUT2D eigenvalue weighted by molar-refractivity contribution is 5.19. The summed E-state index contributed by atoms with van der Waals surface area (Å²) in [7, 11) is 0. The summed E-state index contributed by atoms with van der Waals surface area (Å²) in [6.07, 6.45) is 6.49. The lowest BCUT2D eigenvalue weighted by atomic mass is 10.0. The van der Waals surface area contributed by atoms with Gasteiger partial charge in [0, 0.05) is 12.6 Å². The summed E-state index contributed by atoms with van der Waals surface area (Å²) in [6.45, 7) is 9.52. The van der Waals surface area contributed by atoms with Gasteiger partial charge in [0.15, 0.2) is 0 Å². The molecule has 0 heterocycles. The average molecular weight is 258 g/mol. The molecule has 0 radical (unpaired) electrons. The first-order valence-electron chi connectivity index (χ1n) is 7.25. The summed E-state index contributed by atoms with van der Waals surface area (Å²) in [4.78, 5) is 2.46. The van der Waals surface area contributed by atoms with Crippen LogP contribution in [0.5, 0.6) is 0 Å². The molecule has 0 aromatic heterocycles. The smallest absolute Gasteiger partial charge is 0.0684 e. The molecule has 1 aromatic rings. The first kappa shape index (κ1) is 15.8. The predicted octanol–water partition coefficient (Wildman–Crippen LogP) is 3.07. The van der Waals surface area contributed by atoms with Crippen LogP contribution >= 0.6 is 0 Å². The monoisotopic (exact) mass is 258 g/mol. The molecule has 19 heavy (non-hydrogen) atoms. The lowest BCUT2D eigenvalue weighted by Crippen LogP contribution is -2.39. The van der Waals surface area contributed by atoms with Crippen LogP contribution in [0.25, 0.3) is 0 Å². The van der Waals surface area contributed by atoms with Crippen molar-refractivity contribution < 1.29 is 0 Å². The molecule has 0 spiro atoms. The number of hydrogen-bond donors (Lipinski definition) is 1. The van der Waals surface area contributed by atoms with Gasteiger partial charge in [0.1, 0.15) is 0 Å². The molecule has 0 saturated carbocycles. The van der Waals surface area contributed by atoms with Gasteiger partial charge in [-0.15, -0.1) is 6.42 Å². The van der Waals surface area contributed by atoms with Gasteiger partial charge < -0.3 is 5.32 Å². The van der Waals surface area contributed by atoms with Crippen LogP contribution in [0.4, 0.5) is 0 Å². The zero-order chi connectivity index (χ0) is 14.1. The standard InChI is InChI=1S/C17H26N2/c1-5-16(6-2)18-14-17(19(7-3)8-4)15-12-10-9-11-13-15/h1,9-13,16-18H,6-8,14H2,2-4H3. The van der Waals surface area contributed by atoms with Crippen molar-refractivity contribution in [3.63, 3.8) is 0 Å². The molecule has 2 heteroatoms. The molecule has 0 bridgehead atoms. The molecule has 0 amide bonds. The van der Waals surface area contributed by atoms with Gasteiger partial charge in [-0.05, 0) is 25.1 Å². The van der Waals surface area contributed by atoms with Gasteiger partial charge in [-0.1, -0.05) is 57.0 Å². The second kappa shape index (κ2) is 8.74. The first-order valence-corrected chi connectivity index (χ1v) is 7.25. The van der Waals surface area contributed by atoms with E-state index in [0.29, 0.717) is 6.04 Å². The van der Waals surface area contributed by atoms with Gasteiger partial charge in [0.2, 0.25) is 0 Å². The van der Waals surface area contributed by atoms with Crippen molar-refractivity contribution in [1.29, 1.82) is 0 Å². The Balaban J connectivity index is 2.79. The van der Waals surface area contributed by atoms with Crippen molar-refractivity contribution in [3.8, 4) is 12.3 Å². The molecule has 0 saturated heterocycles. The van der Waals surface area contributed by atoms with Crippen LogP contribution in [0.15, 0.2) is 30.3 Å². The first-order chi connectivity index (χ1) is 9.26. The zero-order valence-corrected chi connectivity index (χ0v) is 12.4. The Labute approximate surface area is 118 Å². The molecular weight excluding hydrogens is 232 g/mol. The van der Waals surface area contributed by atoms with E-state index < -0.39 is 0 Å². The van der Waals surface area contributed by atoms with Crippen molar-refractivity contribution in [1.82, 2.24) is 10.2 Å². The normalized spacial score (nSPS) is 14.1. The quantitative estimate of drug-likeness (QED) is 0.721. The Morgan fingerprint density at radius 2 is 1.79 bits per heavy atom. The zero-order valence-electron chi connectivity index (χ0n) is 12.4. The summed E-state index contributed by atoms with van der Waals surface area (Å²) < 4.78 is 0. The van der Waals surface area contributed by atoms with Gasteiger partial charge in [0.05, 0.1) is 6.04 Å². The highest BCUT2D eigenvalue weighted by atomic mass is 15.2. The second-order valence-corrected chi connectivity index (χ2v) is 4.68. The van der Waals surface area contributed by atoms with Crippen molar-refractivity contribution in [3.05, 3.63) is 35.9 Å². The van der Waals surface area contributed by atoms with Crippen molar-refractivity contribution >= 4 is 0 Å². The van der Waals surface area contributed by atoms with E-state index >= 15 is 0 Å². The molecule has 104 valence electrons. The maximum Gasteiger partial charge on any atom is 0.0684 e. The molecule has 1 rings (SSSR count). The largest absolute Gasteiger partial charge is 0.302 e. The van der Waals surface area contributed by atoms with E-state index in [2.05, 4.69) is 67.2 Å². The summed E-state index contributed by atoms with van der Waals surface area (Å²) in [5, 5.41) is 3.49. The van der Waals surface area contributed by atoms with E-state index in [9.17, 15) is 0 Å². The minimum Gasteiger partial charge on any atom is -0.302 e. The Hall–Kier alpha value is -1.30. The van der Waals surface area contributed by atoms with Crippen LogP contribution in [0.2, 0.25) is 0 Å². The lowest BCUT2D eigenvalue weighted by molar-refractivity contribution is 0.211. The molecule has 2 unspecified atom stereocenters. The highest BCUT2D eigenvalue weighted by Crippen LogP contribution is 2.19. The van der Waals surface area contributed by atoms with E-state index in [1.54, 1.807) is 0 Å². The molecule has 2 atom stereocenters. The summed E-state index contributed by atoms with van der Waals surface area (Å²) in [5.74, 6) is 2.80. The summed E-state index contributed by atoms with van der Waals surface area (Å²) in [5.41, 5.74) is 1.35. The molecule has 0 aliphatic carbocycles. The molecule has 0 aliphatic heterocycles. The van der Waals surface area contributed by atoms with Gasteiger partial charge in [-0.25, -0.2) is 0 Å². The van der Waals surface area contributed by atoms with Crippen molar-refractivity contribution in [2.75, 3.05) is 19.6 Å². The molecule has 2 nitrogen and oxygen atoms in total. The SMILES string of the molecule is C#CC(CC)NCC(c1ccccc1)N(CC)CC. The second-order valence-electron chi connectivity index (χ2n) is 4.68. The molecule has 0 fully saturated rings. The van der Waals surface area contributed by atoms with Crippen LogP contribution < -0.4 is 5.32 Å². The third kappa shape index (κ3) is 4.70. The van der Waals surface area contributed by atoms with Gasteiger partial charge >= 0.3 is 0 Å².